The van der Waals surface area contributed by atoms with Gasteiger partial charge in [-0.2, -0.15) is 0 Å². The largest absolute Gasteiger partial charge is 0.324 e. The molecule has 2 rings (SSSR count). The van der Waals surface area contributed by atoms with Gasteiger partial charge in [-0.05, 0) is 43.9 Å². The van der Waals surface area contributed by atoms with E-state index < -0.39 is 0 Å². The van der Waals surface area contributed by atoms with Crippen molar-refractivity contribution in [2.24, 2.45) is 5.73 Å². The summed E-state index contributed by atoms with van der Waals surface area (Å²) in [6.07, 6.45) is 3.33. The Kier molecular flexibility index (Phi) is 5.04. The summed E-state index contributed by atoms with van der Waals surface area (Å²) in [6, 6.07) is 7.04. The van der Waals surface area contributed by atoms with Gasteiger partial charge in [-0.25, -0.2) is 4.98 Å². The van der Waals surface area contributed by atoms with E-state index in [4.69, 9.17) is 10.7 Å². The molecule has 0 saturated heterocycles. The predicted molar refractivity (Wildman–Crippen MR) is 90.7 cm³/mol. The average molecular weight is 287 g/mol. The van der Waals surface area contributed by atoms with E-state index in [-0.39, 0.29) is 6.04 Å². The molecule has 0 aliphatic carbocycles. The SMILES string of the molecule is CCCCC(N)c1nc2cc(C(C)C)ccc2n1C(C)C. The van der Waals surface area contributed by atoms with Crippen LogP contribution in [0.15, 0.2) is 18.2 Å². The van der Waals surface area contributed by atoms with Crippen LogP contribution >= 0.6 is 0 Å². The third kappa shape index (κ3) is 3.29. The monoisotopic (exact) mass is 287 g/mol. The number of benzene rings is 1. The molecule has 2 N–H and O–H groups in total. The highest BCUT2D eigenvalue weighted by molar-refractivity contribution is 5.77. The Hall–Kier alpha value is -1.35. The molecule has 1 unspecified atom stereocenters. The highest BCUT2D eigenvalue weighted by Crippen LogP contribution is 2.28. The van der Waals surface area contributed by atoms with Crippen molar-refractivity contribution >= 4 is 11.0 Å². The minimum atomic E-state index is 0.0299. The van der Waals surface area contributed by atoms with Gasteiger partial charge in [0.1, 0.15) is 5.82 Å². The number of hydrogen-bond acceptors (Lipinski definition) is 2. The zero-order valence-corrected chi connectivity index (χ0v) is 14.1. The molecule has 0 radical (unpaired) electrons. The summed E-state index contributed by atoms with van der Waals surface area (Å²) in [6.45, 7) is 11.0. The van der Waals surface area contributed by atoms with Gasteiger partial charge >= 0.3 is 0 Å². The van der Waals surface area contributed by atoms with Gasteiger partial charge in [0, 0.05) is 6.04 Å². The predicted octanol–water partition coefficient (Wildman–Crippen LogP) is 4.93. The van der Waals surface area contributed by atoms with Gasteiger partial charge < -0.3 is 10.3 Å². The van der Waals surface area contributed by atoms with Crippen molar-refractivity contribution in [3.63, 3.8) is 0 Å². The van der Waals surface area contributed by atoms with Crippen molar-refractivity contribution in [2.45, 2.75) is 71.9 Å². The summed E-state index contributed by atoms with van der Waals surface area (Å²) in [5.41, 5.74) is 10.0. The average Bonchev–Trinajstić information content (AvgIpc) is 2.83. The molecule has 116 valence electrons. The number of nitrogens with zero attached hydrogens (tertiary/aromatic N) is 2. The van der Waals surface area contributed by atoms with Crippen molar-refractivity contribution < 1.29 is 0 Å². The van der Waals surface area contributed by atoms with Crippen molar-refractivity contribution in [3.8, 4) is 0 Å². The van der Waals surface area contributed by atoms with E-state index in [1.54, 1.807) is 0 Å². The number of imidazole rings is 1. The molecule has 1 atom stereocenters. The fourth-order valence-electron chi connectivity index (χ4n) is 2.85. The molecule has 1 heterocycles. The minimum Gasteiger partial charge on any atom is -0.324 e. The van der Waals surface area contributed by atoms with Crippen LogP contribution in [-0.4, -0.2) is 9.55 Å². The fraction of sp³-hybridized carbons (Fsp3) is 0.611. The van der Waals surface area contributed by atoms with E-state index in [0.717, 1.165) is 24.2 Å². The van der Waals surface area contributed by atoms with Crippen LogP contribution in [0.4, 0.5) is 0 Å². The molecule has 0 saturated carbocycles. The Balaban J connectivity index is 2.51. The summed E-state index contributed by atoms with van der Waals surface area (Å²) in [5.74, 6) is 1.56. The Labute approximate surface area is 128 Å². The molecule has 0 bridgehead atoms. The molecule has 0 amide bonds. The topological polar surface area (TPSA) is 43.8 Å². The van der Waals surface area contributed by atoms with E-state index >= 15 is 0 Å². The first-order valence-electron chi connectivity index (χ1n) is 8.23. The summed E-state index contributed by atoms with van der Waals surface area (Å²) >= 11 is 0. The highest BCUT2D eigenvalue weighted by Gasteiger charge is 2.19. The van der Waals surface area contributed by atoms with Crippen LogP contribution in [-0.2, 0) is 0 Å². The van der Waals surface area contributed by atoms with Gasteiger partial charge in [0.2, 0.25) is 0 Å². The molecular weight excluding hydrogens is 258 g/mol. The van der Waals surface area contributed by atoms with Crippen molar-refractivity contribution in [2.75, 3.05) is 0 Å². The van der Waals surface area contributed by atoms with Crippen LogP contribution in [0.2, 0.25) is 0 Å². The van der Waals surface area contributed by atoms with Gasteiger partial charge in [0.25, 0.3) is 0 Å². The van der Waals surface area contributed by atoms with Crippen molar-refractivity contribution in [1.82, 2.24) is 9.55 Å². The van der Waals surface area contributed by atoms with Crippen LogP contribution in [0.1, 0.15) is 83.3 Å². The molecule has 0 aliphatic rings. The Morgan fingerprint density at radius 1 is 1.19 bits per heavy atom. The molecule has 1 aromatic carbocycles. The second-order valence-electron chi connectivity index (χ2n) is 6.59. The van der Waals surface area contributed by atoms with Gasteiger partial charge in [0.15, 0.2) is 0 Å². The molecule has 0 aliphatic heterocycles. The molecule has 0 fully saturated rings. The fourth-order valence-corrected chi connectivity index (χ4v) is 2.85. The summed E-state index contributed by atoms with van der Waals surface area (Å²) in [7, 11) is 0. The lowest BCUT2D eigenvalue weighted by Gasteiger charge is -2.17. The number of nitrogens with two attached hydrogens (primary N) is 1. The summed E-state index contributed by atoms with van der Waals surface area (Å²) in [5, 5.41) is 0. The van der Waals surface area contributed by atoms with Gasteiger partial charge in [-0.3, -0.25) is 0 Å². The Morgan fingerprint density at radius 2 is 1.90 bits per heavy atom. The van der Waals surface area contributed by atoms with Crippen LogP contribution in [0.25, 0.3) is 11.0 Å². The maximum absolute atomic E-state index is 6.40. The maximum Gasteiger partial charge on any atom is 0.127 e. The van der Waals surface area contributed by atoms with E-state index in [2.05, 4.69) is 57.4 Å². The number of fused-ring (bicyclic) bond motifs is 1. The van der Waals surface area contributed by atoms with Gasteiger partial charge in [-0.1, -0.05) is 39.7 Å². The lowest BCUT2D eigenvalue weighted by molar-refractivity contribution is 0.510. The maximum atomic E-state index is 6.40. The molecule has 0 spiro atoms. The normalized spacial score (nSPS) is 13.5. The molecule has 3 heteroatoms. The van der Waals surface area contributed by atoms with Crippen molar-refractivity contribution in [3.05, 3.63) is 29.6 Å². The lowest BCUT2D eigenvalue weighted by Crippen LogP contribution is -2.17. The van der Waals surface area contributed by atoms with Crippen LogP contribution in [0.5, 0.6) is 0 Å². The van der Waals surface area contributed by atoms with Crippen LogP contribution < -0.4 is 5.73 Å². The third-order valence-electron chi connectivity index (χ3n) is 4.12. The number of aromatic nitrogens is 2. The Morgan fingerprint density at radius 3 is 2.48 bits per heavy atom. The van der Waals surface area contributed by atoms with Gasteiger partial charge in [0.05, 0.1) is 17.1 Å². The quantitative estimate of drug-likeness (QED) is 0.818. The second-order valence-corrected chi connectivity index (χ2v) is 6.59. The molecule has 2 aromatic rings. The molecule has 1 aromatic heterocycles. The molecular formula is C18H29N3. The minimum absolute atomic E-state index is 0.0299. The standard InChI is InChI=1S/C18H29N3/c1-6-7-8-15(19)18-20-16-11-14(12(2)3)9-10-17(16)21(18)13(4)5/h9-13,15H,6-8,19H2,1-5H3. The first kappa shape index (κ1) is 16.0. The summed E-state index contributed by atoms with van der Waals surface area (Å²) in [4.78, 5) is 4.87. The van der Waals surface area contributed by atoms with Crippen molar-refractivity contribution in [1.29, 1.82) is 0 Å². The van der Waals surface area contributed by atoms with E-state index in [1.807, 2.05) is 0 Å². The third-order valence-corrected chi connectivity index (χ3v) is 4.12. The van der Waals surface area contributed by atoms with E-state index in [1.165, 1.54) is 17.5 Å². The van der Waals surface area contributed by atoms with Crippen LogP contribution in [0.3, 0.4) is 0 Å². The highest BCUT2D eigenvalue weighted by atomic mass is 15.1. The first-order chi connectivity index (χ1) is 9.95. The van der Waals surface area contributed by atoms with E-state index in [9.17, 15) is 0 Å². The Bertz CT molecular complexity index is 596. The smallest absolute Gasteiger partial charge is 0.127 e. The number of hydrogen-bond donors (Lipinski definition) is 1. The summed E-state index contributed by atoms with van der Waals surface area (Å²) < 4.78 is 2.31. The number of rotatable bonds is 6. The van der Waals surface area contributed by atoms with Gasteiger partial charge in [-0.15, -0.1) is 0 Å². The molecule has 3 nitrogen and oxygen atoms in total. The molecule has 21 heavy (non-hydrogen) atoms. The lowest BCUT2D eigenvalue weighted by atomic mass is 10.0. The second kappa shape index (κ2) is 6.61. The zero-order chi connectivity index (χ0) is 15.6. The number of unbranched alkanes of at least 4 members (excludes halogenated alkanes) is 1. The zero-order valence-electron chi connectivity index (χ0n) is 14.1. The first-order valence-corrected chi connectivity index (χ1v) is 8.23. The van der Waals surface area contributed by atoms with Crippen LogP contribution in [0, 0.1) is 0 Å². The van der Waals surface area contributed by atoms with E-state index in [0.29, 0.717) is 12.0 Å².